The Morgan fingerprint density at radius 3 is 2.89 bits per heavy atom. The second-order valence-corrected chi connectivity index (χ2v) is 5.16. The molecule has 0 aliphatic heterocycles. The zero-order chi connectivity index (χ0) is 13.2. The topological polar surface area (TPSA) is 77.2 Å². The highest BCUT2D eigenvalue weighted by atomic mass is 16.5. The fourth-order valence-corrected chi connectivity index (χ4v) is 2.31. The summed E-state index contributed by atoms with van der Waals surface area (Å²) in [6.07, 6.45) is 5.04. The molecule has 1 fully saturated rings. The van der Waals surface area contributed by atoms with Crippen molar-refractivity contribution in [3.63, 3.8) is 0 Å². The molecule has 0 aromatic carbocycles. The van der Waals surface area contributed by atoms with E-state index in [1.807, 2.05) is 0 Å². The number of hydrogen-bond acceptors (Lipinski definition) is 5. The van der Waals surface area contributed by atoms with E-state index in [9.17, 15) is 9.90 Å². The van der Waals surface area contributed by atoms with Gasteiger partial charge in [-0.3, -0.25) is 0 Å². The molecule has 1 N–H and O–H groups in total. The van der Waals surface area contributed by atoms with Gasteiger partial charge in [-0.1, -0.05) is 6.92 Å². The third kappa shape index (κ3) is 2.87. The Labute approximate surface area is 106 Å². The third-order valence-electron chi connectivity index (χ3n) is 3.57. The van der Waals surface area contributed by atoms with E-state index >= 15 is 0 Å². The molecule has 6 nitrogen and oxygen atoms in total. The molecule has 2 rings (SSSR count). The summed E-state index contributed by atoms with van der Waals surface area (Å²) in [6, 6.07) is 0. The number of aromatic nitrogens is 3. The molecule has 1 aromatic heterocycles. The number of rotatable bonds is 3. The average Bonchev–Trinajstić information content (AvgIpc) is 2.80. The summed E-state index contributed by atoms with van der Waals surface area (Å²) in [7, 11) is 1.29. The number of methoxy groups -OCH3 is 1. The first-order valence-corrected chi connectivity index (χ1v) is 6.22. The Morgan fingerprint density at radius 1 is 1.61 bits per heavy atom. The van der Waals surface area contributed by atoms with Gasteiger partial charge in [0.2, 0.25) is 0 Å². The van der Waals surface area contributed by atoms with E-state index in [2.05, 4.69) is 21.7 Å². The van der Waals surface area contributed by atoms with Gasteiger partial charge in [-0.2, -0.15) is 0 Å². The zero-order valence-corrected chi connectivity index (χ0v) is 10.8. The fraction of sp³-hybridized carbons (Fsp3) is 0.750. The number of esters is 1. The van der Waals surface area contributed by atoms with Crippen molar-refractivity contribution in [2.45, 2.75) is 44.8 Å². The van der Waals surface area contributed by atoms with Gasteiger partial charge in [-0.15, -0.1) is 5.10 Å². The first-order chi connectivity index (χ1) is 8.52. The second-order valence-electron chi connectivity index (χ2n) is 5.16. The van der Waals surface area contributed by atoms with Crippen molar-refractivity contribution in [3.05, 3.63) is 12.2 Å². The molecule has 1 saturated carbocycles. The molecule has 0 unspecified atom stereocenters. The molecule has 1 aliphatic rings. The number of nitrogens with zero attached hydrogens (tertiary/aromatic N) is 3. The van der Waals surface area contributed by atoms with Gasteiger partial charge in [0, 0.05) is 0 Å². The Hall–Kier alpha value is -1.43. The summed E-state index contributed by atoms with van der Waals surface area (Å²) in [5.74, 6) is 0.148. The van der Waals surface area contributed by atoms with Crippen LogP contribution in [0.1, 0.15) is 43.2 Å². The van der Waals surface area contributed by atoms with Crippen LogP contribution in [0.5, 0.6) is 0 Å². The molecular weight excluding hydrogens is 234 g/mol. The van der Waals surface area contributed by atoms with E-state index in [4.69, 9.17) is 0 Å². The predicted molar refractivity (Wildman–Crippen MR) is 63.9 cm³/mol. The van der Waals surface area contributed by atoms with Gasteiger partial charge in [0.05, 0.1) is 19.3 Å². The lowest BCUT2D eigenvalue weighted by Gasteiger charge is -2.34. The highest BCUT2D eigenvalue weighted by molar-refractivity contribution is 5.84. The monoisotopic (exact) mass is 253 g/mol. The number of carbonyl (C=O) groups is 1. The molecule has 0 bridgehead atoms. The number of hydrogen-bond donors (Lipinski definition) is 1. The lowest BCUT2D eigenvalue weighted by Crippen LogP contribution is -2.38. The molecule has 6 heteroatoms. The Balaban J connectivity index is 2.01. The van der Waals surface area contributed by atoms with E-state index < -0.39 is 11.6 Å². The molecule has 1 aromatic rings. The Kier molecular flexibility index (Phi) is 3.65. The Morgan fingerprint density at radius 2 is 2.28 bits per heavy atom. The van der Waals surface area contributed by atoms with Gasteiger partial charge in [-0.25, -0.2) is 14.5 Å². The van der Waals surface area contributed by atoms with Gasteiger partial charge in [0.15, 0.2) is 0 Å². The van der Waals surface area contributed by atoms with Crippen LogP contribution in [0.25, 0.3) is 0 Å². The molecule has 0 spiro atoms. The van der Waals surface area contributed by atoms with Crippen molar-refractivity contribution in [1.29, 1.82) is 0 Å². The summed E-state index contributed by atoms with van der Waals surface area (Å²) < 4.78 is 6.06. The van der Waals surface area contributed by atoms with Crippen LogP contribution in [0.2, 0.25) is 0 Å². The maximum absolute atomic E-state index is 11.2. The molecule has 0 saturated heterocycles. The quantitative estimate of drug-likeness (QED) is 0.813. The molecule has 1 heterocycles. The van der Waals surface area contributed by atoms with E-state index in [1.54, 1.807) is 0 Å². The normalized spacial score (nSPS) is 28.1. The van der Waals surface area contributed by atoms with Crippen molar-refractivity contribution in [1.82, 2.24) is 14.8 Å². The van der Waals surface area contributed by atoms with Crippen molar-refractivity contribution >= 4 is 5.97 Å². The highest BCUT2D eigenvalue weighted by Gasteiger charge is 2.32. The number of aliphatic hydroxyl groups is 1. The van der Waals surface area contributed by atoms with E-state index in [0.717, 1.165) is 25.7 Å². The van der Waals surface area contributed by atoms with E-state index in [-0.39, 0.29) is 5.82 Å². The maximum atomic E-state index is 11.2. The van der Waals surface area contributed by atoms with Gasteiger partial charge in [0.25, 0.3) is 5.82 Å². The Bertz CT molecular complexity index is 422. The molecular formula is C12H19N3O3. The molecule has 18 heavy (non-hydrogen) atoms. The third-order valence-corrected chi connectivity index (χ3v) is 3.57. The minimum absolute atomic E-state index is 0.0327. The van der Waals surface area contributed by atoms with Crippen molar-refractivity contribution < 1.29 is 14.6 Å². The smallest absolute Gasteiger partial charge is 0.377 e. The lowest BCUT2D eigenvalue weighted by atomic mass is 9.79. The highest BCUT2D eigenvalue weighted by Crippen LogP contribution is 2.32. The standard InChI is InChI=1S/C12H19N3O3/c1-9-3-5-12(17,6-4-9)7-15-8-13-10(14-15)11(16)18-2/h8-9,17H,3-7H2,1-2H3. The van der Waals surface area contributed by atoms with E-state index in [0.29, 0.717) is 12.5 Å². The summed E-state index contributed by atoms with van der Waals surface area (Å²) >= 11 is 0. The summed E-state index contributed by atoms with van der Waals surface area (Å²) in [5, 5.41) is 14.5. The van der Waals surface area contributed by atoms with Crippen LogP contribution < -0.4 is 0 Å². The van der Waals surface area contributed by atoms with Crippen molar-refractivity contribution in [2.24, 2.45) is 5.92 Å². The molecule has 0 atom stereocenters. The molecule has 0 radical (unpaired) electrons. The minimum atomic E-state index is -0.729. The predicted octanol–water partition coefficient (Wildman–Crippen LogP) is 1.01. The van der Waals surface area contributed by atoms with Crippen LogP contribution in [0, 0.1) is 5.92 Å². The molecule has 100 valence electrons. The van der Waals surface area contributed by atoms with Gasteiger partial charge >= 0.3 is 5.97 Å². The van der Waals surface area contributed by atoms with Crippen molar-refractivity contribution in [2.75, 3.05) is 7.11 Å². The SMILES string of the molecule is COC(=O)c1ncn(CC2(O)CCC(C)CC2)n1. The van der Waals surface area contributed by atoms with Crippen LogP contribution in [0.4, 0.5) is 0 Å². The largest absolute Gasteiger partial charge is 0.463 e. The van der Waals surface area contributed by atoms with E-state index in [1.165, 1.54) is 18.1 Å². The van der Waals surface area contributed by atoms with Gasteiger partial charge in [0.1, 0.15) is 6.33 Å². The molecule has 1 aliphatic carbocycles. The fourth-order valence-electron chi connectivity index (χ4n) is 2.31. The van der Waals surface area contributed by atoms with Crippen LogP contribution in [0.15, 0.2) is 6.33 Å². The molecule has 0 amide bonds. The van der Waals surface area contributed by atoms with Crippen LogP contribution in [0.3, 0.4) is 0 Å². The number of ether oxygens (including phenoxy) is 1. The number of carbonyl (C=O) groups excluding carboxylic acids is 1. The summed E-state index contributed by atoms with van der Waals surface area (Å²) in [4.78, 5) is 15.1. The zero-order valence-electron chi connectivity index (χ0n) is 10.8. The first kappa shape index (κ1) is 13.0. The second kappa shape index (κ2) is 5.06. The summed E-state index contributed by atoms with van der Waals surface area (Å²) in [5.41, 5.74) is -0.729. The van der Waals surface area contributed by atoms with Gasteiger partial charge in [-0.05, 0) is 31.6 Å². The van der Waals surface area contributed by atoms with Crippen LogP contribution in [-0.4, -0.2) is 38.6 Å². The van der Waals surface area contributed by atoms with Crippen molar-refractivity contribution in [3.8, 4) is 0 Å². The van der Waals surface area contributed by atoms with Crippen LogP contribution in [-0.2, 0) is 11.3 Å². The maximum Gasteiger partial charge on any atom is 0.377 e. The lowest BCUT2D eigenvalue weighted by molar-refractivity contribution is -0.0245. The van der Waals surface area contributed by atoms with Crippen LogP contribution >= 0.6 is 0 Å². The minimum Gasteiger partial charge on any atom is -0.463 e. The van der Waals surface area contributed by atoms with Gasteiger partial charge < -0.3 is 9.84 Å². The summed E-state index contributed by atoms with van der Waals surface area (Å²) in [6.45, 7) is 2.58. The first-order valence-electron chi connectivity index (χ1n) is 6.22. The average molecular weight is 253 g/mol.